The maximum absolute atomic E-state index is 4.39. The Kier molecular flexibility index (Phi) is 2.93. The van der Waals surface area contributed by atoms with Crippen molar-refractivity contribution in [2.45, 2.75) is 17.8 Å². The van der Waals surface area contributed by atoms with Crippen LogP contribution in [0.5, 0.6) is 0 Å². The summed E-state index contributed by atoms with van der Waals surface area (Å²) in [6.45, 7) is 4.39. The van der Waals surface area contributed by atoms with Gasteiger partial charge in [-0.25, -0.2) is 0 Å². The fourth-order valence-corrected chi connectivity index (χ4v) is 4.78. The SMILES string of the molecule is C=C1c2ccccc2C2(CC2c2ccc(Br)cc2)c2ccccc21. The Morgan fingerprint density at radius 1 is 0.792 bits per heavy atom. The number of fused-ring (bicyclic) bond motifs is 4. The molecule has 0 nitrogen and oxygen atoms in total. The number of rotatable bonds is 1. The zero-order chi connectivity index (χ0) is 16.3. The summed E-state index contributed by atoms with van der Waals surface area (Å²) in [4.78, 5) is 0. The van der Waals surface area contributed by atoms with Gasteiger partial charge in [-0.15, -0.1) is 0 Å². The van der Waals surface area contributed by atoms with E-state index in [1.165, 1.54) is 34.2 Å². The van der Waals surface area contributed by atoms with Crippen LogP contribution in [0.3, 0.4) is 0 Å². The molecule has 0 bridgehead atoms. The lowest BCUT2D eigenvalue weighted by molar-refractivity contribution is 0.787. The van der Waals surface area contributed by atoms with Crippen LogP contribution in [0.4, 0.5) is 0 Å². The van der Waals surface area contributed by atoms with Crippen molar-refractivity contribution in [3.8, 4) is 0 Å². The largest absolute Gasteiger partial charge is 0.0905 e. The molecule has 1 spiro atoms. The van der Waals surface area contributed by atoms with Gasteiger partial charge in [0.1, 0.15) is 0 Å². The van der Waals surface area contributed by atoms with Gasteiger partial charge in [0.05, 0.1) is 0 Å². The van der Waals surface area contributed by atoms with Gasteiger partial charge in [-0.05, 0) is 57.9 Å². The van der Waals surface area contributed by atoms with E-state index in [1.807, 2.05) is 0 Å². The molecule has 1 fully saturated rings. The molecule has 24 heavy (non-hydrogen) atoms. The van der Waals surface area contributed by atoms with E-state index in [1.54, 1.807) is 0 Å². The molecule has 1 heteroatoms. The van der Waals surface area contributed by atoms with Crippen LogP contribution in [0.2, 0.25) is 0 Å². The van der Waals surface area contributed by atoms with Gasteiger partial charge in [0, 0.05) is 9.89 Å². The van der Waals surface area contributed by atoms with E-state index in [2.05, 4.69) is 95.3 Å². The van der Waals surface area contributed by atoms with Gasteiger partial charge in [-0.1, -0.05) is 83.2 Å². The Labute approximate surface area is 151 Å². The van der Waals surface area contributed by atoms with Crippen LogP contribution in [-0.4, -0.2) is 0 Å². The monoisotopic (exact) mass is 372 g/mol. The Bertz CT molecular complexity index is 916. The zero-order valence-corrected chi connectivity index (χ0v) is 14.9. The van der Waals surface area contributed by atoms with Crippen LogP contribution in [0.25, 0.3) is 5.57 Å². The molecule has 0 heterocycles. The third-order valence-electron chi connectivity index (χ3n) is 5.70. The molecule has 116 valence electrons. The molecule has 5 rings (SSSR count). The Balaban J connectivity index is 1.74. The first kappa shape index (κ1) is 14.2. The summed E-state index contributed by atoms with van der Waals surface area (Å²) in [5.74, 6) is 0.543. The first-order valence-corrected chi connectivity index (χ1v) is 9.15. The zero-order valence-electron chi connectivity index (χ0n) is 13.3. The Morgan fingerprint density at radius 3 is 1.92 bits per heavy atom. The second-order valence-electron chi connectivity index (χ2n) is 6.85. The van der Waals surface area contributed by atoms with E-state index in [0.717, 1.165) is 10.0 Å². The van der Waals surface area contributed by atoms with Crippen LogP contribution in [-0.2, 0) is 5.41 Å². The highest BCUT2D eigenvalue weighted by molar-refractivity contribution is 9.10. The lowest BCUT2D eigenvalue weighted by Crippen LogP contribution is -2.20. The molecule has 2 aliphatic rings. The maximum atomic E-state index is 4.39. The highest BCUT2D eigenvalue weighted by atomic mass is 79.9. The molecule has 1 saturated carbocycles. The van der Waals surface area contributed by atoms with E-state index < -0.39 is 0 Å². The number of halogens is 1. The van der Waals surface area contributed by atoms with Gasteiger partial charge in [0.25, 0.3) is 0 Å². The first-order valence-electron chi connectivity index (χ1n) is 8.36. The van der Waals surface area contributed by atoms with E-state index >= 15 is 0 Å². The minimum atomic E-state index is 0.113. The fraction of sp³-hybridized carbons (Fsp3) is 0.130. The van der Waals surface area contributed by atoms with Crippen molar-refractivity contribution in [1.82, 2.24) is 0 Å². The molecule has 3 aromatic rings. The molecule has 0 amide bonds. The third kappa shape index (κ3) is 1.79. The number of hydrogen-bond acceptors (Lipinski definition) is 0. The second kappa shape index (κ2) is 4.94. The molecule has 0 N–H and O–H groups in total. The molecular formula is C23H17Br. The van der Waals surface area contributed by atoms with Gasteiger partial charge in [-0.2, -0.15) is 0 Å². The van der Waals surface area contributed by atoms with Gasteiger partial charge in [0.2, 0.25) is 0 Å². The van der Waals surface area contributed by atoms with Crippen molar-refractivity contribution in [2.24, 2.45) is 0 Å². The second-order valence-corrected chi connectivity index (χ2v) is 7.77. The van der Waals surface area contributed by atoms with E-state index in [4.69, 9.17) is 0 Å². The average molecular weight is 373 g/mol. The lowest BCUT2D eigenvalue weighted by atomic mass is 9.72. The molecule has 0 radical (unpaired) electrons. The minimum Gasteiger partial charge on any atom is -0.0905 e. The predicted molar refractivity (Wildman–Crippen MR) is 103 cm³/mol. The topological polar surface area (TPSA) is 0 Å². The molecule has 1 unspecified atom stereocenters. The number of hydrogen-bond donors (Lipinski definition) is 0. The van der Waals surface area contributed by atoms with Crippen LogP contribution in [0.15, 0.2) is 83.8 Å². The minimum absolute atomic E-state index is 0.113. The summed E-state index contributed by atoms with van der Waals surface area (Å²) >= 11 is 3.55. The average Bonchev–Trinajstić information content (AvgIpc) is 3.37. The lowest BCUT2D eigenvalue weighted by Gasteiger charge is -2.31. The van der Waals surface area contributed by atoms with E-state index in [0.29, 0.717) is 5.92 Å². The van der Waals surface area contributed by atoms with Crippen molar-refractivity contribution in [3.05, 3.63) is 112 Å². The Hall–Kier alpha value is -2.12. The molecule has 3 aromatic carbocycles. The fourth-order valence-electron chi connectivity index (χ4n) is 4.52. The van der Waals surface area contributed by atoms with Crippen molar-refractivity contribution in [1.29, 1.82) is 0 Å². The van der Waals surface area contributed by atoms with Gasteiger partial charge < -0.3 is 0 Å². The normalized spacial score (nSPS) is 19.7. The number of benzene rings is 3. The van der Waals surface area contributed by atoms with Crippen molar-refractivity contribution in [3.63, 3.8) is 0 Å². The van der Waals surface area contributed by atoms with Gasteiger partial charge >= 0.3 is 0 Å². The van der Waals surface area contributed by atoms with Gasteiger partial charge in [-0.3, -0.25) is 0 Å². The molecule has 2 aliphatic carbocycles. The third-order valence-corrected chi connectivity index (χ3v) is 6.23. The summed E-state index contributed by atoms with van der Waals surface area (Å²) in [5.41, 5.74) is 8.22. The summed E-state index contributed by atoms with van der Waals surface area (Å²) in [6.07, 6.45) is 1.18. The molecule has 0 saturated heterocycles. The maximum Gasteiger partial charge on any atom is 0.0290 e. The van der Waals surface area contributed by atoms with Crippen molar-refractivity contribution < 1.29 is 0 Å². The summed E-state index contributed by atoms with van der Waals surface area (Å²) in [7, 11) is 0. The molecule has 1 atom stereocenters. The standard InChI is InChI=1S/C23H17Br/c1-15-18-6-2-4-8-20(18)23(21-9-5-3-7-19(15)21)14-22(23)16-10-12-17(24)13-11-16/h2-13,22H,1,14H2. The highest BCUT2D eigenvalue weighted by Gasteiger charge is 2.60. The van der Waals surface area contributed by atoms with Gasteiger partial charge in [0.15, 0.2) is 0 Å². The van der Waals surface area contributed by atoms with E-state index in [9.17, 15) is 0 Å². The summed E-state index contributed by atoms with van der Waals surface area (Å²) in [6, 6.07) is 26.5. The molecule has 0 aliphatic heterocycles. The predicted octanol–water partition coefficient (Wildman–Crippen LogP) is 6.30. The van der Waals surface area contributed by atoms with Crippen molar-refractivity contribution >= 4 is 21.5 Å². The highest BCUT2D eigenvalue weighted by Crippen LogP contribution is 2.68. The Morgan fingerprint density at radius 2 is 1.33 bits per heavy atom. The molecule has 0 aromatic heterocycles. The van der Waals surface area contributed by atoms with Crippen LogP contribution >= 0.6 is 15.9 Å². The molecular weight excluding hydrogens is 356 g/mol. The summed E-state index contributed by atoms with van der Waals surface area (Å²) < 4.78 is 1.14. The summed E-state index contributed by atoms with van der Waals surface area (Å²) in [5, 5.41) is 0. The van der Waals surface area contributed by atoms with Crippen LogP contribution in [0, 0.1) is 0 Å². The van der Waals surface area contributed by atoms with Crippen LogP contribution in [0.1, 0.15) is 40.2 Å². The quantitative estimate of drug-likeness (QED) is 0.470. The smallest absolute Gasteiger partial charge is 0.0290 e. The van der Waals surface area contributed by atoms with Crippen LogP contribution < -0.4 is 0 Å². The van der Waals surface area contributed by atoms with E-state index in [-0.39, 0.29) is 5.41 Å². The van der Waals surface area contributed by atoms with Crippen molar-refractivity contribution in [2.75, 3.05) is 0 Å². The first-order chi connectivity index (χ1) is 11.7.